The predicted octanol–water partition coefficient (Wildman–Crippen LogP) is 1.59. The van der Waals surface area contributed by atoms with Crippen molar-refractivity contribution in [3.05, 3.63) is 17.3 Å². The van der Waals surface area contributed by atoms with Crippen molar-refractivity contribution in [1.82, 2.24) is 4.98 Å². The minimum Gasteiger partial charge on any atom is -0.445 e. The number of nitrogens with zero attached hydrogens (tertiary/aromatic N) is 1. The molecule has 0 aliphatic carbocycles. The first-order chi connectivity index (χ1) is 5.15. The van der Waals surface area contributed by atoms with E-state index in [9.17, 15) is 4.79 Å². The van der Waals surface area contributed by atoms with Gasteiger partial charge in [-0.25, -0.2) is 4.98 Å². The first kappa shape index (κ1) is 7.98. The maximum atomic E-state index is 10.4. The second-order valence-electron chi connectivity index (χ2n) is 2.61. The summed E-state index contributed by atoms with van der Waals surface area (Å²) in [6.07, 6.45) is 0.854. The van der Waals surface area contributed by atoms with Gasteiger partial charge in [-0.15, -0.1) is 0 Å². The van der Waals surface area contributed by atoms with Gasteiger partial charge in [0.05, 0.1) is 11.6 Å². The Morgan fingerprint density at radius 1 is 1.55 bits per heavy atom. The first-order valence-corrected chi connectivity index (χ1v) is 3.54. The van der Waals surface area contributed by atoms with Crippen LogP contribution in [0.25, 0.3) is 0 Å². The number of hydrogen-bond acceptors (Lipinski definition) is 3. The highest BCUT2D eigenvalue weighted by Gasteiger charge is 2.13. The Bertz CT molecular complexity index is 265. The molecule has 0 aliphatic heterocycles. The monoisotopic (exact) mass is 153 g/mol. The molecule has 1 unspecified atom stereocenters. The zero-order valence-electron chi connectivity index (χ0n) is 6.92. The molecule has 0 N–H and O–H groups in total. The van der Waals surface area contributed by atoms with Crippen molar-refractivity contribution < 1.29 is 9.21 Å². The van der Waals surface area contributed by atoms with Crippen molar-refractivity contribution in [1.29, 1.82) is 0 Å². The molecule has 1 atom stereocenters. The van der Waals surface area contributed by atoms with Gasteiger partial charge in [-0.2, -0.15) is 0 Å². The molecule has 0 saturated heterocycles. The van der Waals surface area contributed by atoms with E-state index in [4.69, 9.17) is 4.42 Å². The Morgan fingerprint density at radius 3 is 2.55 bits per heavy atom. The van der Waals surface area contributed by atoms with E-state index in [1.165, 1.54) is 0 Å². The molecule has 0 aliphatic rings. The van der Waals surface area contributed by atoms with Crippen LogP contribution in [0.5, 0.6) is 0 Å². The average Bonchev–Trinajstić information content (AvgIpc) is 2.28. The molecule has 1 aromatic heterocycles. The number of hydrogen-bond donors (Lipinski definition) is 0. The minimum absolute atomic E-state index is 0.184. The zero-order chi connectivity index (χ0) is 8.43. The van der Waals surface area contributed by atoms with E-state index in [1.54, 1.807) is 13.8 Å². The van der Waals surface area contributed by atoms with Gasteiger partial charge in [0, 0.05) is 6.92 Å². The van der Waals surface area contributed by atoms with E-state index < -0.39 is 0 Å². The van der Waals surface area contributed by atoms with Crippen molar-refractivity contribution in [2.24, 2.45) is 0 Å². The number of aromatic nitrogens is 1. The summed E-state index contributed by atoms with van der Waals surface area (Å²) < 4.78 is 5.22. The quantitative estimate of drug-likeness (QED) is 0.606. The van der Waals surface area contributed by atoms with E-state index in [1.807, 2.05) is 6.92 Å². The second-order valence-corrected chi connectivity index (χ2v) is 2.61. The molecule has 1 aromatic rings. The summed E-state index contributed by atoms with van der Waals surface area (Å²) in [6.45, 7) is 5.40. The number of carbonyl (C=O) groups excluding carboxylic acids is 1. The first-order valence-electron chi connectivity index (χ1n) is 3.54. The van der Waals surface area contributed by atoms with Crippen LogP contribution in [-0.2, 0) is 4.79 Å². The fourth-order valence-electron chi connectivity index (χ4n) is 1.03. The van der Waals surface area contributed by atoms with E-state index in [2.05, 4.69) is 4.98 Å². The largest absolute Gasteiger partial charge is 0.445 e. The van der Waals surface area contributed by atoms with Gasteiger partial charge in [0.1, 0.15) is 12.0 Å². The Hall–Kier alpha value is -1.12. The van der Waals surface area contributed by atoms with Crippen LogP contribution in [0.4, 0.5) is 0 Å². The third-order valence-corrected chi connectivity index (χ3v) is 1.56. The van der Waals surface area contributed by atoms with Gasteiger partial charge in [-0.1, -0.05) is 0 Å². The lowest BCUT2D eigenvalue weighted by Gasteiger charge is -1.96. The molecular weight excluding hydrogens is 142 g/mol. The molecule has 0 saturated carbocycles. The van der Waals surface area contributed by atoms with Crippen LogP contribution in [0.1, 0.15) is 30.2 Å². The molecule has 1 rings (SSSR count). The Morgan fingerprint density at radius 2 is 2.18 bits per heavy atom. The summed E-state index contributed by atoms with van der Waals surface area (Å²) >= 11 is 0. The lowest BCUT2D eigenvalue weighted by molar-refractivity contribution is -0.109. The molecule has 60 valence electrons. The van der Waals surface area contributed by atoms with Crippen LogP contribution in [-0.4, -0.2) is 11.3 Å². The highest BCUT2D eigenvalue weighted by Crippen LogP contribution is 2.17. The Balaban J connectivity index is 3.02. The van der Waals surface area contributed by atoms with Gasteiger partial charge in [-0.05, 0) is 13.8 Å². The summed E-state index contributed by atoms with van der Waals surface area (Å²) in [5.41, 5.74) is 0.808. The van der Waals surface area contributed by atoms with Crippen LogP contribution in [0, 0.1) is 13.8 Å². The van der Waals surface area contributed by atoms with Crippen LogP contribution in [0.15, 0.2) is 4.42 Å². The van der Waals surface area contributed by atoms with E-state index in [-0.39, 0.29) is 5.92 Å². The van der Waals surface area contributed by atoms with Gasteiger partial charge in [-0.3, -0.25) is 0 Å². The SMILES string of the molecule is Cc1nc(C)c(C(C)C=O)o1. The lowest BCUT2D eigenvalue weighted by atomic mass is 10.1. The third-order valence-electron chi connectivity index (χ3n) is 1.56. The van der Waals surface area contributed by atoms with Crippen LogP contribution in [0.2, 0.25) is 0 Å². The Kier molecular flexibility index (Phi) is 2.08. The van der Waals surface area contributed by atoms with Crippen LogP contribution < -0.4 is 0 Å². The maximum absolute atomic E-state index is 10.4. The van der Waals surface area contributed by atoms with E-state index >= 15 is 0 Å². The number of rotatable bonds is 2. The molecule has 0 bridgehead atoms. The highest BCUT2D eigenvalue weighted by atomic mass is 16.4. The zero-order valence-corrected chi connectivity index (χ0v) is 6.92. The molecule has 0 fully saturated rings. The van der Waals surface area contributed by atoms with Crippen molar-refractivity contribution in [3.8, 4) is 0 Å². The highest BCUT2D eigenvalue weighted by molar-refractivity contribution is 5.60. The Labute approximate surface area is 65.4 Å². The predicted molar refractivity (Wildman–Crippen MR) is 40.5 cm³/mol. The van der Waals surface area contributed by atoms with Crippen molar-refractivity contribution in [2.75, 3.05) is 0 Å². The molecule has 1 heterocycles. The summed E-state index contributed by atoms with van der Waals surface area (Å²) in [5, 5.41) is 0. The van der Waals surface area contributed by atoms with Gasteiger partial charge in [0.15, 0.2) is 5.89 Å². The average molecular weight is 153 g/mol. The third kappa shape index (κ3) is 1.48. The second kappa shape index (κ2) is 2.86. The molecule has 3 nitrogen and oxygen atoms in total. The maximum Gasteiger partial charge on any atom is 0.191 e. The molecule has 0 radical (unpaired) electrons. The molecule has 0 spiro atoms. The summed E-state index contributed by atoms with van der Waals surface area (Å²) in [7, 11) is 0. The molecule has 0 amide bonds. The van der Waals surface area contributed by atoms with Crippen molar-refractivity contribution in [2.45, 2.75) is 26.7 Å². The number of aryl methyl sites for hydroxylation is 2. The topological polar surface area (TPSA) is 43.1 Å². The number of oxazole rings is 1. The summed E-state index contributed by atoms with van der Waals surface area (Å²) in [6, 6.07) is 0. The summed E-state index contributed by atoms with van der Waals surface area (Å²) in [5.74, 6) is 1.11. The number of carbonyl (C=O) groups is 1. The lowest BCUT2D eigenvalue weighted by Crippen LogP contribution is -1.93. The van der Waals surface area contributed by atoms with Crippen LogP contribution in [0.3, 0.4) is 0 Å². The van der Waals surface area contributed by atoms with E-state index in [0.29, 0.717) is 11.7 Å². The minimum atomic E-state index is -0.184. The fourth-order valence-corrected chi connectivity index (χ4v) is 1.03. The van der Waals surface area contributed by atoms with Gasteiger partial charge in [0.25, 0.3) is 0 Å². The molecular formula is C8H11NO2. The van der Waals surface area contributed by atoms with Crippen LogP contribution >= 0.6 is 0 Å². The molecule has 0 aromatic carbocycles. The molecule has 11 heavy (non-hydrogen) atoms. The normalized spacial score (nSPS) is 13.0. The fraction of sp³-hybridized carbons (Fsp3) is 0.500. The smallest absolute Gasteiger partial charge is 0.191 e. The van der Waals surface area contributed by atoms with Gasteiger partial charge < -0.3 is 9.21 Å². The van der Waals surface area contributed by atoms with Gasteiger partial charge >= 0.3 is 0 Å². The van der Waals surface area contributed by atoms with Gasteiger partial charge in [0.2, 0.25) is 0 Å². The van der Waals surface area contributed by atoms with Crippen molar-refractivity contribution >= 4 is 6.29 Å². The van der Waals surface area contributed by atoms with Crippen molar-refractivity contribution in [3.63, 3.8) is 0 Å². The standard InChI is InChI=1S/C8H11NO2/c1-5(4-10)8-6(2)9-7(3)11-8/h4-5H,1-3H3. The molecule has 3 heteroatoms. The number of aldehydes is 1. The summed E-state index contributed by atoms with van der Waals surface area (Å²) in [4.78, 5) is 14.4. The van der Waals surface area contributed by atoms with E-state index in [0.717, 1.165) is 12.0 Å².